The van der Waals surface area contributed by atoms with Gasteiger partial charge in [0.05, 0.1) is 11.1 Å². The molecule has 5 nitrogen and oxygen atoms in total. The van der Waals surface area contributed by atoms with Crippen LogP contribution in [0.5, 0.6) is 0 Å². The lowest BCUT2D eigenvalue weighted by molar-refractivity contribution is -0.384. The minimum atomic E-state index is -0.474. The zero-order valence-corrected chi connectivity index (χ0v) is 11.6. The summed E-state index contributed by atoms with van der Waals surface area (Å²) in [5.41, 5.74) is 0.320. The first-order valence-corrected chi connectivity index (χ1v) is 6.59. The molecule has 0 N–H and O–H groups in total. The Bertz CT molecular complexity index is 613. The predicted octanol–water partition coefficient (Wildman–Crippen LogP) is 3.78. The summed E-state index contributed by atoms with van der Waals surface area (Å²) in [6.45, 7) is 0. The first-order valence-electron chi connectivity index (χ1n) is 5.33. The number of hydrazone groups is 1. The average Bonchev–Trinajstić information content (AvgIpc) is 2.88. The molecule has 0 spiro atoms. The van der Waals surface area contributed by atoms with Crippen molar-refractivity contribution in [3.63, 3.8) is 0 Å². The standard InChI is InChI=1S/C12H10ClN3O2S/c1-15(14-8-10-3-2-6-19-10)11-5-4-9(13)7-12(11)16(17)18/h2-8H,1H3/b14-8-. The normalized spacial score (nSPS) is 10.8. The van der Waals surface area contributed by atoms with Crippen molar-refractivity contribution in [2.24, 2.45) is 5.10 Å². The molecule has 0 unspecified atom stereocenters. The van der Waals surface area contributed by atoms with Crippen LogP contribution < -0.4 is 5.01 Å². The van der Waals surface area contributed by atoms with Gasteiger partial charge in [-0.3, -0.25) is 15.1 Å². The summed E-state index contributed by atoms with van der Waals surface area (Å²) in [4.78, 5) is 11.5. The molecule has 7 heteroatoms. The first kappa shape index (κ1) is 13.5. The van der Waals surface area contributed by atoms with E-state index in [0.29, 0.717) is 10.7 Å². The zero-order valence-electron chi connectivity index (χ0n) is 9.99. The van der Waals surface area contributed by atoms with Gasteiger partial charge in [0, 0.05) is 23.0 Å². The quantitative estimate of drug-likeness (QED) is 0.490. The van der Waals surface area contributed by atoms with Gasteiger partial charge in [-0.1, -0.05) is 17.7 Å². The second kappa shape index (κ2) is 5.81. The molecule has 0 aliphatic rings. The van der Waals surface area contributed by atoms with Gasteiger partial charge < -0.3 is 0 Å². The van der Waals surface area contributed by atoms with E-state index in [1.54, 1.807) is 36.7 Å². The van der Waals surface area contributed by atoms with Crippen LogP contribution in [0, 0.1) is 10.1 Å². The molecular weight excluding hydrogens is 286 g/mol. The fourth-order valence-electron chi connectivity index (χ4n) is 1.49. The van der Waals surface area contributed by atoms with Crippen molar-refractivity contribution in [3.05, 3.63) is 55.7 Å². The molecule has 0 aliphatic carbocycles. The summed E-state index contributed by atoms with van der Waals surface area (Å²) in [7, 11) is 1.65. The number of nitrogens with zero attached hydrogens (tertiary/aromatic N) is 3. The third-order valence-corrected chi connectivity index (χ3v) is 3.43. The molecule has 1 aromatic heterocycles. The molecule has 0 aliphatic heterocycles. The highest BCUT2D eigenvalue weighted by Crippen LogP contribution is 2.30. The minimum absolute atomic E-state index is 0.0710. The molecule has 1 heterocycles. The van der Waals surface area contributed by atoms with Crippen molar-refractivity contribution in [3.8, 4) is 0 Å². The molecule has 0 atom stereocenters. The summed E-state index contributed by atoms with van der Waals surface area (Å²) in [5, 5.41) is 18.9. The van der Waals surface area contributed by atoms with Gasteiger partial charge in [0.2, 0.25) is 0 Å². The third kappa shape index (κ3) is 3.30. The molecular formula is C12H10ClN3O2S. The monoisotopic (exact) mass is 295 g/mol. The van der Waals surface area contributed by atoms with E-state index in [0.717, 1.165) is 4.88 Å². The van der Waals surface area contributed by atoms with Gasteiger partial charge in [-0.05, 0) is 23.6 Å². The maximum Gasteiger partial charge on any atom is 0.295 e. The van der Waals surface area contributed by atoms with Crippen LogP contribution in [0.4, 0.5) is 11.4 Å². The molecule has 0 fully saturated rings. The molecule has 0 bridgehead atoms. The maximum absolute atomic E-state index is 11.0. The maximum atomic E-state index is 11.0. The highest BCUT2D eigenvalue weighted by molar-refractivity contribution is 7.11. The number of anilines is 1. The lowest BCUT2D eigenvalue weighted by Gasteiger charge is -2.12. The van der Waals surface area contributed by atoms with Crippen LogP contribution in [0.25, 0.3) is 0 Å². The topological polar surface area (TPSA) is 58.7 Å². The van der Waals surface area contributed by atoms with E-state index < -0.39 is 4.92 Å². The molecule has 0 amide bonds. The molecule has 0 radical (unpaired) electrons. The van der Waals surface area contributed by atoms with E-state index in [2.05, 4.69) is 5.10 Å². The summed E-state index contributed by atoms with van der Waals surface area (Å²) < 4.78 is 0. The van der Waals surface area contributed by atoms with Crippen molar-refractivity contribution in [2.75, 3.05) is 12.1 Å². The van der Waals surface area contributed by atoms with Crippen LogP contribution >= 0.6 is 22.9 Å². The number of hydrogen-bond donors (Lipinski definition) is 0. The van der Waals surface area contributed by atoms with E-state index in [-0.39, 0.29) is 5.69 Å². The summed E-state index contributed by atoms with van der Waals surface area (Å²) in [6.07, 6.45) is 1.66. The summed E-state index contributed by atoms with van der Waals surface area (Å²) >= 11 is 7.31. The molecule has 2 rings (SSSR count). The Balaban J connectivity index is 2.28. The number of thiophene rings is 1. The largest absolute Gasteiger partial charge is 0.295 e. The Morgan fingerprint density at radius 1 is 1.47 bits per heavy atom. The van der Waals surface area contributed by atoms with Crippen LogP contribution in [0.3, 0.4) is 0 Å². The summed E-state index contributed by atoms with van der Waals surface area (Å²) in [5.74, 6) is 0. The lowest BCUT2D eigenvalue weighted by Crippen LogP contribution is -2.10. The van der Waals surface area contributed by atoms with Crippen molar-refractivity contribution in [1.29, 1.82) is 0 Å². The van der Waals surface area contributed by atoms with Gasteiger partial charge in [-0.15, -0.1) is 11.3 Å². The van der Waals surface area contributed by atoms with Crippen molar-refractivity contribution in [1.82, 2.24) is 0 Å². The molecule has 19 heavy (non-hydrogen) atoms. The van der Waals surface area contributed by atoms with Crippen molar-refractivity contribution >= 4 is 40.5 Å². The SMILES string of the molecule is CN(/N=C\c1cccs1)c1ccc(Cl)cc1[N+](=O)[O-]. The van der Waals surface area contributed by atoms with Crippen LogP contribution in [0.1, 0.15) is 4.88 Å². The molecule has 1 aromatic carbocycles. The fourth-order valence-corrected chi connectivity index (χ4v) is 2.23. The van der Waals surface area contributed by atoms with E-state index in [9.17, 15) is 10.1 Å². The number of benzene rings is 1. The number of rotatable bonds is 4. The van der Waals surface area contributed by atoms with Gasteiger partial charge in [0.1, 0.15) is 5.69 Å². The van der Waals surface area contributed by atoms with E-state index in [1.165, 1.54) is 11.1 Å². The molecule has 0 saturated heterocycles. The first-order chi connectivity index (χ1) is 9.08. The second-order valence-electron chi connectivity index (χ2n) is 3.67. The fraction of sp³-hybridized carbons (Fsp3) is 0.0833. The van der Waals surface area contributed by atoms with E-state index in [4.69, 9.17) is 11.6 Å². The Morgan fingerprint density at radius 3 is 2.89 bits per heavy atom. The highest BCUT2D eigenvalue weighted by Gasteiger charge is 2.17. The Morgan fingerprint density at radius 2 is 2.26 bits per heavy atom. The van der Waals surface area contributed by atoms with Crippen molar-refractivity contribution < 1.29 is 4.92 Å². The van der Waals surface area contributed by atoms with Crippen LogP contribution in [0.15, 0.2) is 40.8 Å². The molecule has 98 valence electrons. The minimum Gasteiger partial charge on any atom is -0.262 e. The molecule has 2 aromatic rings. The van der Waals surface area contributed by atoms with E-state index in [1.807, 2.05) is 17.5 Å². The molecule has 0 saturated carbocycles. The second-order valence-corrected chi connectivity index (χ2v) is 5.09. The predicted molar refractivity (Wildman–Crippen MR) is 78.4 cm³/mol. The van der Waals surface area contributed by atoms with E-state index >= 15 is 0 Å². The van der Waals surface area contributed by atoms with Crippen LogP contribution in [-0.2, 0) is 0 Å². The van der Waals surface area contributed by atoms with Gasteiger partial charge in [0.15, 0.2) is 0 Å². The van der Waals surface area contributed by atoms with Gasteiger partial charge >= 0.3 is 0 Å². The Hall–Kier alpha value is -1.92. The van der Waals surface area contributed by atoms with Gasteiger partial charge in [-0.25, -0.2) is 0 Å². The van der Waals surface area contributed by atoms with Crippen LogP contribution in [-0.4, -0.2) is 18.2 Å². The van der Waals surface area contributed by atoms with Crippen molar-refractivity contribution in [2.45, 2.75) is 0 Å². The smallest absolute Gasteiger partial charge is 0.262 e. The average molecular weight is 296 g/mol. The Labute approximate surface area is 118 Å². The zero-order chi connectivity index (χ0) is 13.8. The summed E-state index contributed by atoms with van der Waals surface area (Å²) in [6, 6.07) is 8.32. The number of hydrogen-bond acceptors (Lipinski definition) is 5. The number of nitro groups is 1. The van der Waals surface area contributed by atoms with Crippen LogP contribution in [0.2, 0.25) is 5.02 Å². The van der Waals surface area contributed by atoms with Gasteiger partial charge in [-0.2, -0.15) is 5.10 Å². The lowest BCUT2D eigenvalue weighted by atomic mass is 10.2. The third-order valence-electron chi connectivity index (χ3n) is 2.38. The Kier molecular flexibility index (Phi) is 4.13. The number of nitro benzene ring substituents is 1. The number of halogens is 1. The highest BCUT2D eigenvalue weighted by atomic mass is 35.5. The van der Waals surface area contributed by atoms with Gasteiger partial charge in [0.25, 0.3) is 5.69 Å².